The van der Waals surface area contributed by atoms with E-state index < -0.39 is 11.8 Å². The summed E-state index contributed by atoms with van der Waals surface area (Å²) in [6.45, 7) is 5.06. The van der Waals surface area contributed by atoms with Gasteiger partial charge in [0.15, 0.2) is 11.5 Å². The molecular formula is C17H24BrN3O4. The molecule has 0 radical (unpaired) electrons. The molecule has 2 N–H and O–H groups in total. The van der Waals surface area contributed by atoms with E-state index >= 15 is 0 Å². The van der Waals surface area contributed by atoms with Crippen molar-refractivity contribution in [3.8, 4) is 11.5 Å². The molecule has 0 aliphatic rings. The Balaban J connectivity index is 2.69. The van der Waals surface area contributed by atoms with Crippen molar-refractivity contribution in [2.24, 2.45) is 5.10 Å². The maximum atomic E-state index is 11.6. The highest BCUT2D eigenvalue weighted by atomic mass is 79.9. The first kappa shape index (κ1) is 21.0. The van der Waals surface area contributed by atoms with Crippen LogP contribution in [-0.2, 0) is 9.59 Å². The number of unbranched alkanes of at least 4 members (excludes halogenated alkanes) is 1. The molecule has 1 aromatic rings. The number of hydrogen-bond donors (Lipinski definition) is 2. The van der Waals surface area contributed by atoms with Crippen molar-refractivity contribution in [1.29, 1.82) is 0 Å². The van der Waals surface area contributed by atoms with Crippen LogP contribution in [0.25, 0.3) is 0 Å². The van der Waals surface area contributed by atoms with Crippen LogP contribution in [0.4, 0.5) is 0 Å². The lowest BCUT2D eigenvalue weighted by Gasteiger charge is -2.12. The lowest BCUT2D eigenvalue weighted by molar-refractivity contribution is -0.139. The van der Waals surface area contributed by atoms with Gasteiger partial charge in [-0.1, -0.05) is 20.3 Å². The topological polar surface area (TPSA) is 89.0 Å². The third-order valence-corrected chi connectivity index (χ3v) is 3.69. The highest BCUT2D eigenvalue weighted by Crippen LogP contribution is 2.36. The zero-order chi connectivity index (χ0) is 18.7. The van der Waals surface area contributed by atoms with Crippen LogP contribution in [0.3, 0.4) is 0 Å². The van der Waals surface area contributed by atoms with Gasteiger partial charge in [-0.05, 0) is 46.5 Å². The van der Waals surface area contributed by atoms with E-state index in [1.54, 1.807) is 19.2 Å². The van der Waals surface area contributed by atoms with Gasteiger partial charge in [-0.25, -0.2) is 5.43 Å². The Morgan fingerprint density at radius 3 is 2.64 bits per heavy atom. The standard InChI is InChI=1S/C17H24BrN3O4/c1-4-6-7-19-16(22)17(23)21-20-11-12-9-13(18)15(25-8-5-2)14(10-12)24-3/h9-11H,4-8H2,1-3H3,(H,19,22)(H,21,23)/b20-11-. The number of hydrazone groups is 1. The second-order valence-corrected chi connectivity index (χ2v) is 6.05. The number of ether oxygens (including phenoxy) is 2. The molecule has 0 bridgehead atoms. The molecule has 8 heteroatoms. The molecule has 0 spiro atoms. The van der Waals surface area contributed by atoms with Crippen molar-refractivity contribution in [1.82, 2.24) is 10.7 Å². The maximum Gasteiger partial charge on any atom is 0.329 e. The quantitative estimate of drug-likeness (QED) is 0.281. The second kappa shape index (κ2) is 11.5. The molecule has 0 saturated carbocycles. The van der Waals surface area contributed by atoms with Gasteiger partial charge in [0.1, 0.15) is 0 Å². The molecular weight excluding hydrogens is 390 g/mol. The third kappa shape index (κ3) is 7.13. The van der Waals surface area contributed by atoms with Crippen LogP contribution in [0.5, 0.6) is 11.5 Å². The fourth-order valence-corrected chi connectivity index (χ4v) is 2.41. The Bertz CT molecular complexity index is 620. The number of hydrogen-bond acceptors (Lipinski definition) is 5. The van der Waals surface area contributed by atoms with Crippen molar-refractivity contribution in [2.45, 2.75) is 33.1 Å². The Morgan fingerprint density at radius 1 is 1.24 bits per heavy atom. The summed E-state index contributed by atoms with van der Waals surface area (Å²) in [6, 6.07) is 3.51. The first-order chi connectivity index (χ1) is 12.0. The Hall–Kier alpha value is -2.09. The number of nitrogens with one attached hydrogen (secondary N) is 2. The van der Waals surface area contributed by atoms with Gasteiger partial charge in [0.25, 0.3) is 0 Å². The van der Waals surface area contributed by atoms with Crippen molar-refractivity contribution < 1.29 is 19.1 Å². The summed E-state index contributed by atoms with van der Waals surface area (Å²) in [4.78, 5) is 23.1. The molecule has 0 heterocycles. The van der Waals surface area contributed by atoms with E-state index in [4.69, 9.17) is 9.47 Å². The predicted octanol–water partition coefficient (Wildman–Crippen LogP) is 2.61. The molecule has 1 rings (SSSR count). The summed E-state index contributed by atoms with van der Waals surface area (Å²) in [5, 5.41) is 6.31. The van der Waals surface area contributed by atoms with Crippen LogP contribution in [0.2, 0.25) is 0 Å². The molecule has 0 saturated heterocycles. The summed E-state index contributed by atoms with van der Waals surface area (Å²) in [7, 11) is 1.55. The van der Waals surface area contributed by atoms with Crippen molar-refractivity contribution in [2.75, 3.05) is 20.3 Å². The van der Waals surface area contributed by atoms with E-state index in [2.05, 4.69) is 31.8 Å². The van der Waals surface area contributed by atoms with Crippen LogP contribution in [0, 0.1) is 0 Å². The number of carbonyl (C=O) groups is 2. The van der Waals surface area contributed by atoms with Crippen molar-refractivity contribution in [3.05, 3.63) is 22.2 Å². The van der Waals surface area contributed by atoms with Gasteiger partial charge in [0, 0.05) is 6.54 Å². The van der Waals surface area contributed by atoms with Gasteiger partial charge in [-0.3, -0.25) is 9.59 Å². The smallest absolute Gasteiger partial charge is 0.329 e. The van der Waals surface area contributed by atoms with E-state index in [0.29, 0.717) is 34.7 Å². The fourth-order valence-electron chi connectivity index (χ4n) is 1.83. The second-order valence-electron chi connectivity index (χ2n) is 5.19. The van der Waals surface area contributed by atoms with Crippen LogP contribution in [0.1, 0.15) is 38.7 Å². The number of carbonyl (C=O) groups excluding carboxylic acids is 2. The minimum absolute atomic E-state index is 0.468. The first-order valence-corrected chi connectivity index (χ1v) is 8.94. The predicted molar refractivity (Wildman–Crippen MR) is 100 cm³/mol. The van der Waals surface area contributed by atoms with E-state index in [0.717, 1.165) is 19.3 Å². The van der Waals surface area contributed by atoms with Gasteiger partial charge in [-0.2, -0.15) is 5.10 Å². The summed E-state index contributed by atoms with van der Waals surface area (Å²) < 4.78 is 11.7. The summed E-state index contributed by atoms with van der Waals surface area (Å²) in [5.41, 5.74) is 2.87. The lowest BCUT2D eigenvalue weighted by atomic mass is 10.2. The van der Waals surface area contributed by atoms with Crippen LogP contribution >= 0.6 is 15.9 Å². The Morgan fingerprint density at radius 2 is 2.00 bits per heavy atom. The number of methoxy groups -OCH3 is 1. The minimum Gasteiger partial charge on any atom is -0.493 e. The minimum atomic E-state index is -0.804. The van der Waals surface area contributed by atoms with Gasteiger partial charge in [-0.15, -0.1) is 0 Å². The zero-order valence-electron chi connectivity index (χ0n) is 14.7. The third-order valence-electron chi connectivity index (χ3n) is 3.10. The Kier molecular flexibility index (Phi) is 9.61. The van der Waals surface area contributed by atoms with E-state index in [1.807, 2.05) is 13.8 Å². The van der Waals surface area contributed by atoms with Crippen LogP contribution < -0.4 is 20.2 Å². The molecule has 0 atom stereocenters. The number of halogens is 1. The van der Waals surface area contributed by atoms with Crippen LogP contribution in [-0.4, -0.2) is 38.3 Å². The molecule has 1 aromatic carbocycles. The SMILES string of the molecule is CCCCNC(=O)C(=O)N/N=C\c1cc(Br)c(OCCC)c(OC)c1. The first-order valence-electron chi connectivity index (χ1n) is 8.15. The molecule has 2 amide bonds. The van der Waals surface area contributed by atoms with Gasteiger partial charge < -0.3 is 14.8 Å². The normalized spacial score (nSPS) is 10.6. The monoisotopic (exact) mass is 413 g/mol. The van der Waals surface area contributed by atoms with E-state index in [9.17, 15) is 9.59 Å². The zero-order valence-corrected chi connectivity index (χ0v) is 16.3. The van der Waals surface area contributed by atoms with Crippen molar-refractivity contribution in [3.63, 3.8) is 0 Å². The summed E-state index contributed by atoms with van der Waals surface area (Å²) in [5.74, 6) is -0.345. The van der Waals surface area contributed by atoms with Gasteiger partial charge in [0.05, 0.1) is 24.4 Å². The molecule has 7 nitrogen and oxygen atoms in total. The Labute approximate surface area is 156 Å². The number of rotatable bonds is 9. The van der Waals surface area contributed by atoms with Crippen LogP contribution in [0.15, 0.2) is 21.7 Å². The maximum absolute atomic E-state index is 11.6. The number of amides is 2. The molecule has 0 fully saturated rings. The largest absolute Gasteiger partial charge is 0.493 e. The molecule has 0 unspecified atom stereocenters. The lowest BCUT2D eigenvalue weighted by Crippen LogP contribution is -2.38. The number of nitrogens with zero attached hydrogens (tertiary/aromatic N) is 1. The van der Waals surface area contributed by atoms with E-state index in [-0.39, 0.29) is 0 Å². The number of benzene rings is 1. The molecule has 0 aliphatic heterocycles. The van der Waals surface area contributed by atoms with E-state index in [1.165, 1.54) is 6.21 Å². The molecule has 138 valence electrons. The molecule has 25 heavy (non-hydrogen) atoms. The van der Waals surface area contributed by atoms with Gasteiger partial charge in [0.2, 0.25) is 0 Å². The summed E-state index contributed by atoms with van der Waals surface area (Å²) >= 11 is 3.43. The average molecular weight is 414 g/mol. The highest BCUT2D eigenvalue weighted by molar-refractivity contribution is 9.10. The molecule has 0 aromatic heterocycles. The van der Waals surface area contributed by atoms with Gasteiger partial charge >= 0.3 is 11.8 Å². The van der Waals surface area contributed by atoms with Crippen molar-refractivity contribution >= 4 is 34.0 Å². The fraction of sp³-hybridized carbons (Fsp3) is 0.471. The average Bonchev–Trinajstić information content (AvgIpc) is 2.60. The summed E-state index contributed by atoms with van der Waals surface area (Å²) in [6.07, 6.45) is 4.07. The highest BCUT2D eigenvalue weighted by Gasteiger charge is 2.12. The molecule has 0 aliphatic carbocycles.